The van der Waals surface area contributed by atoms with E-state index in [0.29, 0.717) is 17.5 Å². The molecule has 0 aliphatic carbocycles. The van der Waals surface area contributed by atoms with E-state index in [-0.39, 0.29) is 0 Å². The maximum Gasteiger partial charge on any atom is 0.164 e. The standard InChI is InChI=1S/C63H37N5O/c1-3-16-40(17-4-1)61-64-62(48-24-13-27-53-57(48)47-23-11-12-26-52(47)67(53)43-20-5-2-6-21-43)66-63(65-61)49-25-14-28-55-58(49)59-50-37-44(32-29-39(50)31-34-56(59)69-55)68-54-36-42-19-8-7-18-41(42)35-51(54)46-33-30-38-15-9-10-22-45(38)60(46)68/h1-37H. The van der Waals surface area contributed by atoms with Crippen LogP contribution in [-0.2, 0) is 0 Å². The predicted octanol–water partition coefficient (Wildman–Crippen LogP) is 16.4. The SMILES string of the molecule is c1ccc(-c2nc(-c3cccc4oc5ccc6ccc(-n7c8cc9ccccc9cc8c8ccc9ccccc9c87)cc6c5c34)nc(-c3cccc4c3c3ccccc3n4-c3ccccc3)n2)cc1. The number of benzene rings is 11. The number of fused-ring (bicyclic) bond motifs is 14. The summed E-state index contributed by atoms with van der Waals surface area (Å²) in [4.78, 5) is 16.1. The van der Waals surface area contributed by atoms with Crippen LogP contribution in [0.3, 0.4) is 0 Å². The highest BCUT2D eigenvalue weighted by Gasteiger charge is 2.23. The summed E-state index contributed by atoms with van der Waals surface area (Å²) in [6.07, 6.45) is 0. The van der Waals surface area contributed by atoms with E-state index in [0.717, 1.165) is 88.1 Å². The van der Waals surface area contributed by atoms with E-state index in [2.05, 4.69) is 209 Å². The van der Waals surface area contributed by atoms with Gasteiger partial charge in [0.25, 0.3) is 0 Å². The molecule has 0 spiro atoms. The van der Waals surface area contributed by atoms with Gasteiger partial charge in [-0.05, 0) is 87.6 Å². The Morgan fingerprint density at radius 3 is 1.74 bits per heavy atom. The van der Waals surface area contributed by atoms with Crippen LogP contribution in [0.5, 0.6) is 0 Å². The van der Waals surface area contributed by atoms with E-state index in [4.69, 9.17) is 19.4 Å². The molecule has 0 aliphatic heterocycles. The number of para-hydroxylation sites is 2. The van der Waals surface area contributed by atoms with Crippen LogP contribution in [0.4, 0.5) is 0 Å². The molecule has 0 atom stereocenters. The Kier molecular flexibility index (Phi) is 7.97. The normalized spacial score (nSPS) is 12.1. The molecular weight excluding hydrogens is 843 g/mol. The van der Waals surface area contributed by atoms with Crippen molar-refractivity contribution in [2.75, 3.05) is 0 Å². The summed E-state index contributed by atoms with van der Waals surface area (Å²) >= 11 is 0. The van der Waals surface area contributed by atoms with Crippen molar-refractivity contribution in [3.63, 3.8) is 0 Å². The zero-order chi connectivity index (χ0) is 45.2. The van der Waals surface area contributed by atoms with Crippen molar-refractivity contribution >= 4 is 97.9 Å². The Morgan fingerprint density at radius 1 is 0.304 bits per heavy atom. The molecular formula is C63H37N5O. The molecule has 0 radical (unpaired) electrons. The lowest BCUT2D eigenvalue weighted by molar-refractivity contribution is 0.669. The molecule has 0 amide bonds. The van der Waals surface area contributed by atoms with Crippen molar-refractivity contribution in [2.45, 2.75) is 0 Å². The smallest absolute Gasteiger partial charge is 0.164 e. The molecule has 0 N–H and O–H groups in total. The van der Waals surface area contributed by atoms with E-state index in [1.165, 1.54) is 37.8 Å². The van der Waals surface area contributed by atoms with Crippen molar-refractivity contribution in [2.24, 2.45) is 0 Å². The van der Waals surface area contributed by atoms with E-state index in [1.807, 2.05) is 24.3 Å². The van der Waals surface area contributed by atoms with Gasteiger partial charge in [0.2, 0.25) is 0 Å². The molecule has 11 aromatic carbocycles. The lowest BCUT2D eigenvalue weighted by Crippen LogP contribution is -2.01. The fraction of sp³-hybridized carbons (Fsp3) is 0. The van der Waals surface area contributed by atoms with E-state index >= 15 is 0 Å². The first kappa shape index (κ1) is 37.8. The summed E-state index contributed by atoms with van der Waals surface area (Å²) in [5.41, 5.74) is 11.0. The molecule has 0 fully saturated rings. The number of rotatable bonds is 5. The molecule has 6 heteroatoms. The predicted molar refractivity (Wildman–Crippen MR) is 285 cm³/mol. The second-order valence-electron chi connectivity index (χ2n) is 17.9. The third kappa shape index (κ3) is 5.63. The van der Waals surface area contributed by atoms with Gasteiger partial charge in [-0.3, -0.25) is 0 Å². The highest BCUT2D eigenvalue weighted by atomic mass is 16.3. The van der Waals surface area contributed by atoms with Crippen molar-refractivity contribution in [3.05, 3.63) is 224 Å². The van der Waals surface area contributed by atoms with Crippen molar-refractivity contribution < 1.29 is 4.42 Å². The average molecular weight is 880 g/mol. The lowest BCUT2D eigenvalue weighted by atomic mass is 9.99. The minimum Gasteiger partial charge on any atom is -0.456 e. The Morgan fingerprint density at radius 2 is 0.913 bits per heavy atom. The maximum absolute atomic E-state index is 6.80. The Balaban J connectivity index is 1.00. The van der Waals surface area contributed by atoms with Gasteiger partial charge in [-0.1, -0.05) is 164 Å². The molecule has 0 saturated heterocycles. The van der Waals surface area contributed by atoms with Crippen molar-refractivity contribution in [1.29, 1.82) is 0 Å². The van der Waals surface area contributed by atoms with Gasteiger partial charge >= 0.3 is 0 Å². The third-order valence-corrected chi connectivity index (χ3v) is 14.1. The molecule has 6 nitrogen and oxygen atoms in total. The first-order chi connectivity index (χ1) is 34.2. The molecule has 15 rings (SSSR count). The molecule has 4 aromatic heterocycles. The van der Waals surface area contributed by atoms with Gasteiger partial charge < -0.3 is 13.6 Å². The second-order valence-corrected chi connectivity index (χ2v) is 17.9. The summed E-state index contributed by atoms with van der Waals surface area (Å²) in [5, 5.41) is 13.7. The minimum absolute atomic E-state index is 0.574. The van der Waals surface area contributed by atoms with Crippen LogP contribution in [0.25, 0.3) is 143 Å². The van der Waals surface area contributed by atoms with Crippen LogP contribution in [0, 0.1) is 0 Å². The number of furan rings is 1. The van der Waals surface area contributed by atoms with Gasteiger partial charge in [0.15, 0.2) is 17.5 Å². The molecule has 0 bridgehead atoms. The van der Waals surface area contributed by atoms with E-state index < -0.39 is 0 Å². The summed E-state index contributed by atoms with van der Waals surface area (Å²) in [5.74, 6) is 1.77. The molecule has 0 aliphatic rings. The van der Waals surface area contributed by atoms with E-state index in [1.54, 1.807) is 0 Å². The van der Waals surface area contributed by atoms with Crippen LogP contribution in [0.15, 0.2) is 229 Å². The first-order valence-corrected chi connectivity index (χ1v) is 23.3. The fourth-order valence-corrected chi connectivity index (χ4v) is 11.1. The summed E-state index contributed by atoms with van der Waals surface area (Å²) in [7, 11) is 0. The number of aromatic nitrogens is 5. The van der Waals surface area contributed by atoms with Crippen molar-refractivity contribution in [1.82, 2.24) is 24.1 Å². The van der Waals surface area contributed by atoms with Crippen LogP contribution >= 0.6 is 0 Å². The Labute approximate surface area is 394 Å². The summed E-state index contributed by atoms with van der Waals surface area (Å²) in [6.45, 7) is 0. The lowest BCUT2D eigenvalue weighted by Gasteiger charge is -2.12. The zero-order valence-corrected chi connectivity index (χ0v) is 37.0. The molecule has 320 valence electrons. The van der Waals surface area contributed by atoms with Gasteiger partial charge in [0, 0.05) is 65.8 Å². The third-order valence-electron chi connectivity index (χ3n) is 14.1. The van der Waals surface area contributed by atoms with Crippen LogP contribution in [0.2, 0.25) is 0 Å². The molecule has 69 heavy (non-hydrogen) atoms. The molecule has 15 aromatic rings. The monoisotopic (exact) mass is 879 g/mol. The second kappa shape index (κ2) is 14.6. The van der Waals surface area contributed by atoms with Gasteiger partial charge in [-0.15, -0.1) is 0 Å². The largest absolute Gasteiger partial charge is 0.456 e. The number of nitrogens with zero attached hydrogens (tertiary/aromatic N) is 5. The van der Waals surface area contributed by atoms with Crippen molar-refractivity contribution in [3.8, 4) is 45.5 Å². The Bertz CT molecular complexity index is 4600. The van der Waals surface area contributed by atoms with Gasteiger partial charge in [0.1, 0.15) is 11.2 Å². The quantitative estimate of drug-likeness (QED) is 0.173. The first-order valence-electron chi connectivity index (χ1n) is 23.3. The van der Waals surface area contributed by atoms with E-state index in [9.17, 15) is 0 Å². The highest BCUT2D eigenvalue weighted by molar-refractivity contribution is 6.24. The summed E-state index contributed by atoms with van der Waals surface area (Å²) < 4.78 is 11.6. The minimum atomic E-state index is 0.574. The highest BCUT2D eigenvalue weighted by Crippen LogP contribution is 2.44. The average Bonchev–Trinajstić information content (AvgIpc) is 4.08. The van der Waals surface area contributed by atoms with Gasteiger partial charge in [-0.2, -0.15) is 0 Å². The number of hydrogen-bond donors (Lipinski definition) is 0. The molecule has 0 unspecified atom stereocenters. The van der Waals surface area contributed by atoms with Crippen LogP contribution < -0.4 is 0 Å². The summed E-state index contributed by atoms with van der Waals surface area (Å²) in [6, 6.07) is 79.7. The zero-order valence-electron chi connectivity index (χ0n) is 37.0. The van der Waals surface area contributed by atoms with Gasteiger partial charge in [-0.25, -0.2) is 15.0 Å². The van der Waals surface area contributed by atoms with Crippen LogP contribution in [0.1, 0.15) is 0 Å². The van der Waals surface area contributed by atoms with Gasteiger partial charge in [0.05, 0.1) is 22.1 Å². The molecule has 0 saturated carbocycles. The topological polar surface area (TPSA) is 61.7 Å². The Hall–Kier alpha value is -9.39. The number of hydrogen-bond acceptors (Lipinski definition) is 4. The maximum atomic E-state index is 6.80. The fourth-order valence-electron chi connectivity index (χ4n) is 11.1. The molecule has 4 heterocycles. The van der Waals surface area contributed by atoms with Crippen LogP contribution in [-0.4, -0.2) is 24.1 Å².